The molecule has 0 bridgehead atoms. The molecule has 6 heteroatoms. The Balaban J connectivity index is 3.34. The molecule has 1 atom stereocenters. The minimum absolute atomic E-state index is 0.117. The molecule has 0 radical (unpaired) electrons. The zero-order chi connectivity index (χ0) is 18.4. The van der Waals surface area contributed by atoms with Gasteiger partial charge in [0.25, 0.3) is 0 Å². The molecule has 0 aliphatic rings. The van der Waals surface area contributed by atoms with Crippen LogP contribution in [0.25, 0.3) is 0 Å². The number of hydrogen-bond acceptors (Lipinski definition) is 5. The second-order valence-electron chi connectivity index (χ2n) is 6.85. The van der Waals surface area contributed by atoms with E-state index in [0.29, 0.717) is 19.4 Å². The molecule has 0 spiro atoms. The highest BCUT2D eigenvalue weighted by molar-refractivity contribution is 6.20. The first-order valence-electron chi connectivity index (χ1n) is 8.94. The summed E-state index contributed by atoms with van der Waals surface area (Å²) in [4.78, 5) is 22.7. The highest BCUT2D eigenvalue weighted by Gasteiger charge is 2.15. The Morgan fingerprint density at radius 2 is 1.50 bits per heavy atom. The van der Waals surface area contributed by atoms with Gasteiger partial charge in [-0.1, -0.05) is 50.6 Å². The molecular formula is C18H33ClO5. The molecule has 24 heavy (non-hydrogen) atoms. The van der Waals surface area contributed by atoms with Crippen LogP contribution in [-0.2, 0) is 19.0 Å². The van der Waals surface area contributed by atoms with Gasteiger partial charge in [0, 0.05) is 6.42 Å². The molecule has 0 aliphatic carbocycles. The first kappa shape index (κ1) is 23.0. The highest BCUT2D eigenvalue weighted by Crippen LogP contribution is 2.12. The van der Waals surface area contributed by atoms with E-state index in [1.54, 1.807) is 0 Å². The average Bonchev–Trinajstić information content (AvgIpc) is 2.47. The van der Waals surface area contributed by atoms with Crippen LogP contribution in [0, 0.1) is 0 Å². The zero-order valence-corrected chi connectivity index (χ0v) is 16.3. The Morgan fingerprint density at radius 3 is 2.04 bits per heavy atom. The van der Waals surface area contributed by atoms with Crippen molar-refractivity contribution in [3.05, 3.63) is 0 Å². The predicted octanol–water partition coefficient (Wildman–Crippen LogP) is 5.58. The average molecular weight is 365 g/mol. The largest absolute Gasteiger partial charge is 0.509 e. The summed E-state index contributed by atoms with van der Waals surface area (Å²) in [5.41, 5.74) is -1.01. The minimum Gasteiger partial charge on any atom is -0.460 e. The third-order valence-corrected chi connectivity index (χ3v) is 3.61. The number of carbonyl (C=O) groups excluding carboxylic acids is 2. The number of unbranched alkanes of at least 4 members (excludes halogenated alkanes) is 6. The van der Waals surface area contributed by atoms with Crippen LogP contribution in [0.5, 0.6) is 0 Å². The molecule has 0 heterocycles. The molecule has 0 aromatic heterocycles. The normalized spacial score (nSPS) is 12.5. The molecule has 5 nitrogen and oxygen atoms in total. The van der Waals surface area contributed by atoms with Crippen LogP contribution >= 0.6 is 11.6 Å². The summed E-state index contributed by atoms with van der Waals surface area (Å²) in [7, 11) is 0. The van der Waals surface area contributed by atoms with E-state index < -0.39 is 17.3 Å². The molecule has 1 unspecified atom stereocenters. The van der Waals surface area contributed by atoms with E-state index in [-0.39, 0.29) is 5.97 Å². The number of hydrogen-bond donors (Lipinski definition) is 0. The molecule has 0 aromatic rings. The van der Waals surface area contributed by atoms with Crippen molar-refractivity contribution in [2.45, 2.75) is 96.6 Å². The topological polar surface area (TPSA) is 61.8 Å². The number of esters is 1. The van der Waals surface area contributed by atoms with Gasteiger partial charge in [0.1, 0.15) is 5.60 Å². The Hall–Kier alpha value is -0.970. The van der Waals surface area contributed by atoms with Crippen LogP contribution < -0.4 is 0 Å². The second kappa shape index (κ2) is 13.3. The summed E-state index contributed by atoms with van der Waals surface area (Å²) in [5.74, 6) is -0.117. The third kappa shape index (κ3) is 15.9. The summed E-state index contributed by atoms with van der Waals surface area (Å²) in [6, 6.07) is 0. The predicted molar refractivity (Wildman–Crippen MR) is 95.1 cm³/mol. The van der Waals surface area contributed by atoms with Gasteiger partial charge in [0.2, 0.25) is 0 Å². The Bertz CT molecular complexity index is 352. The number of carbonyl (C=O) groups is 2. The van der Waals surface area contributed by atoms with Crippen LogP contribution in [0.1, 0.15) is 85.5 Å². The SMILES string of the molecule is CCC(Cl)OC(=O)OCCCCCCCCCC(=O)OC(C)(C)C. The Labute approximate surface area is 151 Å². The van der Waals surface area contributed by atoms with Crippen molar-refractivity contribution in [3.63, 3.8) is 0 Å². The van der Waals surface area contributed by atoms with Crippen LogP contribution in [0.4, 0.5) is 4.79 Å². The quantitative estimate of drug-likeness (QED) is 0.257. The lowest BCUT2D eigenvalue weighted by molar-refractivity contribution is -0.154. The van der Waals surface area contributed by atoms with Gasteiger partial charge >= 0.3 is 12.1 Å². The number of alkyl halides is 1. The maximum Gasteiger partial charge on any atom is 0.509 e. The number of rotatable bonds is 12. The van der Waals surface area contributed by atoms with E-state index in [1.165, 1.54) is 0 Å². The van der Waals surface area contributed by atoms with Gasteiger partial charge in [-0.2, -0.15) is 0 Å². The number of ether oxygens (including phenoxy) is 3. The fraction of sp³-hybridized carbons (Fsp3) is 0.889. The van der Waals surface area contributed by atoms with Crippen molar-refractivity contribution < 1.29 is 23.8 Å². The fourth-order valence-electron chi connectivity index (χ4n) is 2.03. The van der Waals surface area contributed by atoms with E-state index >= 15 is 0 Å². The Morgan fingerprint density at radius 1 is 0.958 bits per heavy atom. The van der Waals surface area contributed by atoms with Crippen molar-refractivity contribution in [2.24, 2.45) is 0 Å². The maximum absolute atomic E-state index is 11.5. The molecule has 0 rings (SSSR count). The van der Waals surface area contributed by atoms with Gasteiger partial charge in [-0.05, 0) is 40.0 Å². The van der Waals surface area contributed by atoms with Gasteiger partial charge in [-0.15, -0.1) is 0 Å². The van der Waals surface area contributed by atoms with E-state index in [2.05, 4.69) is 0 Å². The van der Waals surface area contributed by atoms with Crippen LogP contribution in [0.3, 0.4) is 0 Å². The minimum atomic E-state index is -0.695. The monoisotopic (exact) mass is 364 g/mol. The maximum atomic E-state index is 11.5. The second-order valence-corrected chi connectivity index (χ2v) is 7.33. The lowest BCUT2D eigenvalue weighted by atomic mass is 10.1. The van der Waals surface area contributed by atoms with Crippen molar-refractivity contribution in [2.75, 3.05) is 6.61 Å². The van der Waals surface area contributed by atoms with Crippen molar-refractivity contribution in [3.8, 4) is 0 Å². The van der Waals surface area contributed by atoms with Gasteiger partial charge in [-0.3, -0.25) is 4.79 Å². The van der Waals surface area contributed by atoms with Gasteiger partial charge in [-0.25, -0.2) is 4.79 Å². The van der Waals surface area contributed by atoms with Gasteiger partial charge < -0.3 is 14.2 Å². The summed E-state index contributed by atoms with van der Waals surface area (Å²) in [6.45, 7) is 7.84. The summed E-state index contributed by atoms with van der Waals surface area (Å²) in [5, 5.41) is 0. The van der Waals surface area contributed by atoms with E-state index in [1.807, 2.05) is 27.7 Å². The molecular weight excluding hydrogens is 332 g/mol. The molecule has 0 N–H and O–H groups in total. The summed E-state index contributed by atoms with van der Waals surface area (Å²) >= 11 is 5.68. The standard InChI is InChI=1S/C18H33ClO5/c1-5-15(19)23-17(21)22-14-12-10-8-6-7-9-11-13-16(20)24-18(2,3)4/h15H,5-14H2,1-4H3. The highest BCUT2D eigenvalue weighted by atomic mass is 35.5. The molecule has 142 valence electrons. The summed E-state index contributed by atoms with van der Waals surface area (Å²) in [6.07, 6.45) is 7.43. The van der Waals surface area contributed by atoms with Gasteiger partial charge in [0.15, 0.2) is 5.56 Å². The molecule has 0 aliphatic heterocycles. The zero-order valence-electron chi connectivity index (χ0n) is 15.6. The Kier molecular flexibility index (Phi) is 12.8. The van der Waals surface area contributed by atoms with Gasteiger partial charge in [0.05, 0.1) is 6.61 Å². The first-order valence-corrected chi connectivity index (χ1v) is 9.37. The molecule has 0 saturated carbocycles. The van der Waals surface area contributed by atoms with Crippen molar-refractivity contribution in [1.29, 1.82) is 0 Å². The van der Waals surface area contributed by atoms with E-state index in [9.17, 15) is 9.59 Å². The summed E-state index contributed by atoms with van der Waals surface area (Å²) < 4.78 is 15.0. The van der Waals surface area contributed by atoms with Crippen LogP contribution in [0.2, 0.25) is 0 Å². The third-order valence-electron chi connectivity index (χ3n) is 3.21. The first-order chi connectivity index (χ1) is 11.2. The van der Waals surface area contributed by atoms with Crippen LogP contribution in [0.15, 0.2) is 0 Å². The molecule has 0 aromatic carbocycles. The molecule has 0 fully saturated rings. The van der Waals surface area contributed by atoms with Crippen LogP contribution in [-0.4, -0.2) is 29.9 Å². The lowest BCUT2D eigenvalue weighted by Gasteiger charge is -2.19. The fourth-order valence-corrected chi connectivity index (χ4v) is 2.10. The van der Waals surface area contributed by atoms with E-state index in [4.69, 9.17) is 25.8 Å². The smallest absolute Gasteiger partial charge is 0.460 e. The van der Waals surface area contributed by atoms with E-state index in [0.717, 1.165) is 44.9 Å². The molecule has 0 amide bonds. The lowest BCUT2D eigenvalue weighted by Crippen LogP contribution is -2.23. The number of halogens is 1. The van der Waals surface area contributed by atoms with Crippen molar-refractivity contribution >= 4 is 23.7 Å². The molecule has 0 saturated heterocycles. The van der Waals surface area contributed by atoms with Crippen molar-refractivity contribution in [1.82, 2.24) is 0 Å².